The zero-order valence-electron chi connectivity index (χ0n) is 12.1. The Morgan fingerprint density at radius 2 is 2.10 bits per heavy atom. The Morgan fingerprint density at radius 3 is 2.80 bits per heavy atom. The second-order valence-corrected chi connectivity index (χ2v) is 5.64. The van der Waals surface area contributed by atoms with Gasteiger partial charge in [-0.15, -0.1) is 0 Å². The molecule has 0 saturated carbocycles. The Balaban J connectivity index is 2.16. The third kappa shape index (κ3) is 3.42. The number of hydrogen-bond acceptors (Lipinski definition) is 4. The predicted molar refractivity (Wildman–Crippen MR) is 77.8 cm³/mol. The van der Waals surface area contributed by atoms with Crippen LogP contribution in [0.3, 0.4) is 0 Å². The maximum atomic E-state index is 12.5. The van der Waals surface area contributed by atoms with E-state index in [2.05, 4.69) is 0 Å². The number of nitrogens with two attached hydrogens (primary N) is 1. The molecule has 1 aromatic rings. The quantitative estimate of drug-likeness (QED) is 0.807. The van der Waals surface area contributed by atoms with Crippen molar-refractivity contribution in [2.45, 2.75) is 31.8 Å². The van der Waals surface area contributed by atoms with Crippen LogP contribution < -0.4 is 10.5 Å². The number of rotatable bonds is 2. The zero-order valence-corrected chi connectivity index (χ0v) is 12.1. The summed E-state index contributed by atoms with van der Waals surface area (Å²) in [5, 5.41) is 10.1. The minimum Gasteiger partial charge on any atom is -0.497 e. The third-order valence-electron chi connectivity index (χ3n) is 3.76. The van der Waals surface area contributed by atoms with Crippen LogP contribution in [-0.4, -0.2) is 41.7 Å². The van der Waals surface area contributed by atoms with Crippen molar-refractivity contribution in [3.05, 3.63) is 23.8 Å². The Kier molecular flexibility index (Phi) is 4.18. The van der Waals surface area contributed by atoms with Gasteiger partial charge in [-0.05, 0) is 38.3 Å². The number of benzene rings is 1. The molecule has 1 heterocycles. The molecule has 5 nitrogen and oxygen atoms in total. The average Bonchev–Trinajstić information content (AvgIpc) is 2.58. The van der Waals surface area contributed by atoms with E-state index in [1.807, 2.05) is 6.92 Å². The lowest BCUT2D eigenvalue weighted by atomic mass is 9.98. The van der Waals surface area contributed by atoms with Gasteiger partial charge in [-0.1, -0.05) is 0 Å². The highest BCUT2D eigenvalue weighted by Crippen LogP contribution is 2.24. The fraction of sp³-hybridized carbons (Fsp3) is 0.533. The number of ether oxygens (including phenoxy) is 1. The van der Waals surface area contributed by atoms with Crippen LogP contribution in [0.4, 0.5) is 5.69 Å². The van der Waals surface area contributed by atoms with Crippen molar-refractivity contribution in [2.75, 3.05) is 25.9 Å². The van der Waals surface area contributed by atoms with Crippen molar-refractivity contribution in [3.8, 4) is 5.75 Å². The summed E-state index contributed by atoms with van der Waals surface area (Å²) in [6, 6.07) is 5.04. The van der Waals surface area contributed by atoms with Crippen LogP contribution in [0.5, 0.6) is 5.75 Å². The van der Waals surface area contributed by atoms with Gasteiger partial charge in [-0.2, -0.15) is 0 Å². The molecule has 1 aliphatic rings. The smallest absolute Gasteiger partial charge is 0.254 e. The van der Waals surface area contributed by atoms with E-state index in [4.69, 9.17) is 10.5 Å². The molecule has 0 spiro atoms. The van der Waals surface area contributed by atoms with E-state index >= 15 is 0 Å². The first-order valence-corrected chi connectivity index (χ1v) is 6.87. The van der Waals surface area contributed by atoms with Crippen molar-refractivity contribution in [1.82, 2.24) is 4.90 Å². The van der Waals surface area contributed by atoms with Gasteiger partial charge in [0.05, 0.1) is 12.7 Å². The lowest BCUT2D eigenvalue weighted by Crippen LogP contribution is -2.33. The molecule has 1 saturated heterocycles. The Hall–Kier alpha value is -1.75. The standard InChI is InChI=1S/C15H22N2O3/c1-15(19)4-3-6-17(7-5-15)14(18)11-8-12(16)10-13(9-11)20-2/h8-10,19H,3-7,16H2,1-2H3. The van der Waals surface area contributed by atoms with Gasteiger partial charge in [0.2, 0.25) is 0 Å². The summed E-state index contributed by atoms with van der Waals surface area (Å²) in [6.45, 7) is 3.04. The molecule has 110 valence electrons. The Morgan fingerprint density at radius 1 is 1.35 bits per heavy atom. The molecular formula is C15H22N2O3. The van der Waals surface area contributed by atoms with Crippen molar-refractivity contribution in [2.24, 2.45) is 0 Å². The van der Waals surface area contributed by atoms with E-state index in [-0.39, 0.29) is 5.91 Å². The first kappa shape index (κ1) is 14.7. The molecule has 5 heteroatoms. The van der Waals surface area contributed by atoms with Crippen LogP contribution in [0.1, 0.15) is 36.5 Å². The van der Waals surface area contributed by atoms with Crippen molar-refractivity contribution in [1.29, 1.82) is 0 Å². The summed E-state index contributed by atoms with van der Waals surface area (Å²) in [7, 11) is 1.55. The maximum absolute atomic E-state index is 12.5. The summed E-state index contributed by atoms with van der Waals surface area (Å²) in [6.07, 6.45) is 2.12. The first-order valence-electron chi connectivity index (χ1n) is 6.87. The molecule has 1 unspecified atom stereocenters. The fourth-order valence-corrected chi connectivity index (χ4v) is 2.51. The Labute approximate surface area is 119 Å². The van der Waals surface area contributed by atoms with Crippen LogP contribution in [0.2, 0.25) is 0 Å². The number of carbonyl (C=O) groups is 1. The minimum absolute atomic E-state index is 0.0618. The summed E-state index contributed by atoms with van der Waals surface area (Å²) < 4.78 is 5.14. The number of anilines is 1. The molecule has 1 amide bonds. The molecule has 1 aliphatic heterocycles. The molecule has 0 aromatic heterocycles. The third-order valence-corrected chi connectivity index (χ3v) is 3.76. The molecule has 3 N–H and O–H groups in total. The van der Waals surface area contributed by atoms with E-state index in [9.17, 15) is 9.90 Å². The van der Waals surface area contributed by atoms with E-state index in [1.165, 1.54) is 0 Å². The van der Waals surface area contributed by atoms with Crippen molar-refractivity contribution >= 4 is 11.6 Å². The number of nitrogens with zero attached hydrogens (tertiary/aromatic N) is 1. The van der Waals surface area contributed by atoms with Crippen molar-refractivity contribution < 1.29 is 14.6 Å². The zero-order chi connectivity index (χ0) is 14.8. The van der Waals surface area contributed by atoms with Gasteiger partial charge < -0.3 is 20.5 Å². The van der Waals surface area contributed by atoms with Gasteiger partial charge in [0, 0.05) is 30.4 Å². The topological polar surface area (TPSA) is 75.8 Å². The average molecular weight is 278 g/mol. The number of likely N-dealkylation sites (tertiary alicyclic amines) is 1. The largest absolute Gasteiger partial charge is 0.497 e. The summed E-state index contributed by atoms with van der Waals surface area (Å²) in [4.78, 5) is 14.3. The second-order valence-electron chi connectivity index (χ2n) is 5.64. The highest BCUT2D eigenvalue weighted by atomic mass is 16.5. The number of methoxy groups -OCH3 is 1. The van der Waals surface area contributed by atoms with Gasteiger partial charge in [-0.3, -0.25) is 4.79 Å². The highest BCUT2D eigenvalue weighted by molar-refractivity contribution is 5.95. The summed E-state index contributed by atoms with van der Waals surface area (Å²) in [5.74, 6) is 0.517. The molecule has 0 bridgehead atoms. The Bertz CT molecular complexity index is 500. The number of carbonyl (C=O) groups excluding carboxylic acids is 1. The predicted octanol–water partition coefficient (Wildman–Crippen LogP) is 1.65. The van der Waals surface area contributed by atoms with Crippen LogP contribution in [0, 0.1) is 0 Å². The lowest BCUT2D eigenvalue weighted by molar-refractivity contribution is 0.0438. The molecule has 1 aromatic carbocycles. The fourth-order valence-electron chi connectivity index (χ4n) is 2.51. The van der Waals surface area contributed by atoms with Crippen molar-refractivity contribution in [3.63, 3.8) is 0 Å². The number of hydrogen-bond donors (Lipinski definition) is 2. The SMILES string of the molecule is COc1cc(N)cc(C(=O)N2CCCC(C)(O)CC2)c1. The second kappa shape index (κ2) is 5.71. The molecule has 1 atom stereocenters. The van der Waals surface area contributed by atoms with Crippen LogP contribution in [-0.2, 0) is 0 Å². The minimum atomic E-state index is -0.678. The molecule has 0 radical (unpaired) electrons. The van der Waals surface area contributed by atoms with E-state index < -0.39 is 5.60 Å². The number of nitrogen functional groups attached to an aromatic ring is 1. The van der Waals surface area contributed by atoms with Gasteiger partial charge in [0.25, 0.3) is 5.91 Å². The van der Waals surface area contributed by atoms with Gasteiger partial charge in [-0.25, -0.2) is 0 Å². The molecule has 2 rings (SSSR count). The molecule has 20 heavy (non-hydrogen) atoms. The summed E-state index contributed by atoms with van der Waals surface area (Å²) in [5.41, 5.74) is 6.15. The maximum Gasteiger partial charge on any atom is 0.254 e. The van der Waals surface area contributed by atoms with Gasteiger partial charge in [0.15, 0.2) is 0 Å². The van der Waals surface area contributed by atoms with Gasteiger partial charge >= 0.3 is 0 Å². The number of aliphatic hydroxyl groups is 1. The van der Waals surface area contributed by atoms with E-state index in [0.29, 0.717) is 36.5 Å². The molecule has 1 fully saturated rings. The number of amides is 1. The molecular weight excluding hydrogens is 256 g/mol. The van der Waals surface area contributed by atoms with E-state index in [0.717, 1.165) is 12.8 Å². The highest BCUT2D eigenvalue weighted by Gasteiger charge is 2.27. The van der Waals surface area contributed by atoms with Crippen LogP contribution >= 0.6 is 0 Å². The van der Waals surface area contributed by atoms with Gasteiger partial charge in [0.1, 0.15) is 5.75 Å². The van der Waals surface area contributed by atoms with E-state index in [1.54, 1.807) is 30.2 Å². The lowest BCUT2D eigenvalue weighted by Gasteiger charge is -2.23. The monoisotopic (exact) mass is 278 g/mol. The van der Waals surface area contributed by atoms with Crippen LogP contribution in [0.15, 0.2) is 18.2 Å². The normalized spacial score (nSPS) is 23.2. The van der Waals surface area contributed by atoms with Crippen LogP contribution in [0.25, 0.3) is 0 Å². The molecule has 0 aliphatic carbocycles. The first-order chi connectivity index (χ1) is 9.41. The summed E-state index contributed by atoms with van der Waals surface area (Å²) >= 11 is 0.